The fourth-order valence-corrected chi connectivity index (χ4v) is 5.22. The molecule has 0 saturated heterocycles. The summed E-state index contributed by atoms with van der Waals surface area (Å²) >= 11 is 0. The molecule has 9 aromatic rings. The Morgan fingerprint density at radius 3 is 1.91 bits per heavy atom. The van der Waals surface area contributed by atoms with Gasteiger partial charge in [-0.2, -0.15) is 0 Å². The highest BCUT2D eigenvalue weighted by Gasteiger charge is 2.16. The second-order valence-electron chi connectivity index (χ2n) is 10.3. The molecule has 0 atom stereocenters. The van der Waals surface area contributed by atoms with Gasteiger partial charge in [0.05, 0.1) is 24.7 Å². The van der Waals surface area contributed by atoms with Crippen LogP contribution in [0.4, 0.5) is 0 Å². The molecule has 0 aliphatic heterocycles. The van der Waals surface area contributed by atoms with Crippen LogP contribution in [0, 0.1) is 0 Å². The maximum absolute atomic E-state index is 9.38. The molecule has 2 heterocycles. The fourth-order valence-electron chi connectivity index (χ4n) is 5.22. The van der Waals surface area contributed by atoms with E-state index in [4.69, 9.17) is 26.3 Å². The standard InChI is InChI=1S/C43H27N3O/c1-3-11-28(12-4-1)30-21-22-32-26-35(24-23-31(32)25-30)43-45-41(29-13-5-2-6-14-29)44-42(46-43)34-16-9-15-33(27-34)36-18-10-20-39-40(36)37-17-7-8-19-38(37)47-39/h1-27H/i2D,5D,6D,7D,8D,10D,13D,14D,17D,18D,19D,20D,21D,22D,23D,24D,25D,26D. The Morgan fingerprint density at radius 2 is 1.09 bits per heavy atom. The number of nitrogens with zero attached hydrogens (tertiary/aromatic N) is 3. The average Bonchev–Trinajstić information content (AvgIpc) is 3.70. The highest BCUT2D eigenvalue weighted by molar-refractivity contribution is 6.12. The summed E-state index contributed by atoms with van der Waals surface area (Å²) in [5.74, 6) is -1.32. The molecule has 0 saturated carbocycles. The van der Waals surface area contributed by atoms with Crippen LogP contribution in [0.1, 0.15) is 24.7 Å². The third-order valence-electron chi connectivity index (χ3n) is 7.38. The molecule has 4 nitrogen and oxygen atoms in total. The van der Waals surface area contributed by atoms with Crippen LogP contribution in [0.2, 0.25) is 0 Å². The van der Waals surface area contributed by atoms with Crippen LogP contribution in [-0.4, -0.2) is 15.0 Å². The van der Waals surface area contributed by atoms with Crippen molar-refractivity contribution < 1.29 is 29.1 Å². The summed E-state index contributed by atoms with van der Waals surface area (Å²) in [4.78, 5) is 13.5. The number of hydrogen-bond acceptors (Lipinski definition) is 4. The van der Waals surface area contributed by atoms with Gasteiger partial charge in [0.15, 0.2) is 17.5 Å². The molecule has 220 valence electrons. The van der Waals surface area contributed by atoms with Crippen molar-refractivity contribution in [2.45, 2.75) is 0 Å². The van der Waals surface area contributed by atoms with Crippen LogP contribution in [-0.2, 0) is 0 Å². The summed E-state index contributed by atoms with van der Waals surface area (Å²) < 4.78 is 163. The van der Waals surface area contributed by atoms with E-state index in [-0.39, 0.29) is 66.8 Å². The first-order chi connectivity index (χ1) is 30.8. The smallest absolute Gasteiger partial charge is 0.164 e. The van der Waals surface area contributed by atoms with E-state index >= 15 is 0 Å². The lowest BCUT2D eigenvalue weighted by Crippen LogP contribution is -2.00. The molecule has 0 bridgehead atoms. The van der Waals surface area contributed by atoms with Gasteiger partial charge in [0.1, 0.15) is 11.2 Å². The van der Waals surface area contributed by atoms with Crippen LogP contribution >= 0.6 is 0 Å². The van der Waals surface area contributed by atoms with Crippen LogP contribution in [0.15, 0.2) is 168 Å². The first kappa shape index (κ1) is 14.4. The number of hydrogen-bond donors (Lipinski definition) is 0. The minimum Gasteiger partial charge on any atom is -0.456 e. The minimum atomic E-state index is -0.728. The van der Waals surface area contributed by atoms with Crippen molar-refractivity contribution in [2.24, 2.45) is 0 Å². The third-order valence-corrected chi connectivity index (χ3v) is 7.38. The normalized spacial score (nSPS) is 16.8. The molecule has 0 spiro atoms. The van der Waals surface area contributed by atoms with Gasteiger partial charge in [-0.25, -0.2) is 15.0 Å². The largest absolute Gasteiger partial charge is 0.456 e. The second-order valence-corrected chi connectivity index (χ2v) is 10.3. The lowest BCUT2D eigenvalue weighted by Gasteiger charge is -2.11. The molecule has 0 aliphatic carbocycles. The molecule has 2 aromatic heterocycles. The maximum atomic E-state index is 9.38. The first-order valence-corrected chi connectivity index (χ1v) is 14.2. The zero-order valence-electron chi connectivity index (χ0n) is 41.9. The molecule has 0 fully saturated rings. The predicted octanol–water partition coefficient (Wildman–Crippen LogP) is 11.3. The van der Waals surface area contributed by atoms with E-state index in [0.717, 1.165) is 0 Å². The van der Waals surface area contributed by atoms with Crippen LogP contribution in [0.25, 0.3) is 89.1 Å². The number of aromatic nitrogens is 3. The van der Waals surface area contributed by atoms with E-state index in [2.05, 4.69) is 15.0 Å². The van der Waals surface area contributed by atoms with Gasteiger partial charge in [0.2, 0.25) is 0 Å². The third kappa shape index (κ3) is 4.93. The lowest BCUT2D eigenvalue weighted by molar-refractivity contribution is 0.669. The second kappa shape index (κ2) is 11.2. The number of fused-ring (bicyclic) bond motifs is 4. The topological polar surface area (TPSA) is 51.8 Å². The van der Waals surface area contributed by atoms with Gasteiger partial charge >= 0.3 is 0 Å². The summed E-state index contributed by atoms with van der Waals surface area (Å²) in [6, 6.07) is 3.63. The summed E-state index contributed by atoms with van der Waals surface area (Å²) in [7, 11) is 0. The van der Waals surface area contributed by atoms with E-state index < -0.39 is 125 Å². The molecule has 0 aliphatic rings. The summed E-state index contributed by atoms with van der Waals surface area (Å²) in [6.07, 6.45) is 0. The van der Waals surface area contributed by atoms with E-state index in [1.54, 1.807) is 30.3 Å². The van der Waals surface area contributed by atoms with Crippen molar-refractivity contribution in [3.8, 4) is 56.4 Å². The molecule has 0 amide bonds. The highest BCUT2D eigenvalue weighted by atomic mass is 16.3. The molecule has 0 radical (unpaired) electrons. The zero-order chi connectivity index (χ0) is 46.8. The quantitative estimate of drug-likeness (QED) is 0.192. The van der Waals surface area contributed by atoms with Crippen LogP contribution in [0.5, 0.6) is 0 Å². The molecular formula is C43H27N3O. The van der Waals surface area contributed by atoms with Gasteiger partial charge in [-0.1, -0.05) is 133 Å². The van der Waals surface area contributed by atoms with Gasteiger partial charge in [-0.3, -0.25) is 0 Å². The Bertz CT molecular complexity index is 3570. The molecule has 4 heteroatoms. The van der Waals surface area contributed by atoms with Crippen molar-refractivity contribution in [2.75, 3.05) is 0 Å². The van der Waals surface area contributed by atoms with Crippen molar-refractivity contribution in [3.05, 3.63) is 163 Å². The van der Waals surface area contributed by atoms with Gasteiger partial charge in [0, 0.05) is 27.5 Å². The van der Waals surface area contributed by atoms with Crippen molar-refractivity contribution in [1.29, 1.82) is 0 Å². The Morgan fingerprint density at radius 1 is 0.447 bits per heavy atom. The Balaban J connectivity index is 1.35. The molecule has 7 aromatic carbocycles. The zero-order valence-corrected chi connectivity index (χ0v) is 23.9. The van der Waals surface area contributed by atoms with Crippen LogP contribution in [0.3, 0.4) is 0 Å². The monoisotopic (exact) mass is 619 g/mol. The Hall–Kier alpha value is -6.39. The highest BCUT2D eigenvalue weighted by Crippen LogP contribution is 2.38. The van der Waals surface area contributed by atoms with Gasteiger partial charge < -0.3 is 4.42 Å². The number of rotatable bonds is 5. The van der Waals surface area contributed by atoms with E-state index in [0.29, 0.717) is 5.56 Å². The molecular weight excluding hydrogens is 574 g/mol. The van der Waals surface area contributed by atoms with Crippen molar-refractivity contribution >= 4 is 32.7 Å². The maximum Gasteiger partial charge on any atom is 0.164 e. The number of benzene rings is 7. The van der Waals surface area contributed by atoms with E-state index in [9.17, 15) is 2.74 Å². The molecule has 0 unspecified atom stereocenters. The molecule has 47 heavy (non-hydrogen) atoms. The Kier molecular flexibility index (Phi) is 3.42. The van der Waals surface area contributed by atoms with Crippen molar-refractivity contribution in [1.82, 2.24) is 15.0 Å². The SMILES string of the molecule is [2H]c1c([2H])c([2H])c(-c2nc(-c3cccc(-c4c([2H])c([2H])c([2H])c5oc6c([2H])c([2H])c([2H])c([2H])c6c45)c3)nc(-c3c([2H])c([2H])c4c([2H])c(-c5ccccc5)c([2H])c([2H])c4c3[2H])n2)c([2H])c1[2H]. The van der Waals surface area contributed by atoms with E-state index in [1.807, 2.05) is 0 Å². The summed E-state index contributed by atoms with van der Waals surface area (Å²) in [5, 5.41) is -0.764. The van der Waals surface area contributed by atoms with Gasteiger partial charge in [-0.05, 0) is 63.3 Å². The predicted molar refractivity (Wildman–Crippen MR) is 192 cm³/mol. The van der Waals surface area contributed by atoms with E-state index in [1.165, 1.54) is 24.3 Å². The molecule has 0 N–H and O–H groups in total. The van der Waals surface area contributed by atoms with Crippen LogP contribution < -0.4 is 0 Å². The minimum absolute atomic E-state index is 0.0146. The average molecular weight is 620 g/mol. The van der Waals surface area contributed by atoms with Crippen molar-refractivity contribution in [3.63, 3.8) is 0 Å². The summed E-state index contributed by atoms with van der Waals surface area (Å²) in [5.41, 5.74) is -0.924. The summed E-state index contributed by atoms with van der Waals surface area (Å²) in [6.45, 7) is 0. The van der Waals surface area contributed by atoms with Gasteiger partial charge in [-0.15, -0.1) is 0 Å². The number of furan rings is 1. The number of para-hydroxylation sites is 1. The molecule has 9 rings (SSSR count). The van der Waals surface area contributed by atoms with Gasteiger partial charge in [0.25, 0.3) is 0 Å². The first-order valence-electron chi connectivity index (χ1n) is 23.2. The fraction of sp³-hybridized carbons (Fsp3) is 0. The lowest BCUT2D eigenvalue weighted by atomic mass is 9.97. The Labute approximate surface area is 297 Å².